The molecule has 1 unspecified atom stereocenters. The second-order valence-electron chi connectivity index (χ2n) is 6.61. The molecule has 2 nitrogen and oxygen atoms in total. The number of hydrogen-bond acceptors (Lipinski definition) is 2. The molecule has 0 radical (unpaired) electrons. The minimum atomic E-state index is 0.376. The van der Waals surface area contributed by atoms with E-state index in [1.807, 2.05) is 6.07 Å². The van der Waals surface area contributed by atoms with Crippen LogP contribution in [0.3, 0.4) is 0 Å². The maximum atomic E-state index is 6.16. The molecule has 0 amide bonds. The highest BCUT2D eigenvalue weighted by Crippen LogP contribution is 2.37. The van der Waals surface area contributed by atoms with Crippen molar-refractivity contribution in [1.29, 1.82) is 0 Å². The van der Waals surface area contributed by atoms with E-state index in [9.17, 15) is 0 Å². The molecule has 106 valence electrons. The number of anilines is 1. The van der Waals surface area contributed by atoms with Gasteiger partial charge in [0.05, 0.1) is 0 Å². The van der Waals surface area contributed by atoms with Crippen LogP contribution in [0.5, 0.6) is 0 Å². The summed E-state index contributed by atoms with van der Waals surface area (Å²) in [5.74, 6) is 0.747. The highest BCUT2D eigenvalue weighted by molar-refractivity contribution is 6.30. The van der Waals surface area contributed by atoms with Crippen molar-refractivity contribution in [1.82, 2.24) is 0 Å². The van der Waals surface area contributed by atoms with E-state index < -0.39 is 0 Å². The van der Waals surface area contributed by atoms with Crippen LogP contribution < -0.4 is 10.6 Å². The van der Waals surface area contributed by atoms with Crippen LogP contribution in [0.4, 0.5) is 5.69 Å². The van der Waals surface area contributed by atoms with E-state index in [0.717, 1.165) is 30.5 Å². The van der Waals surface area contributed by atoms with Crippen LogP contribution in [0.1, 0.15) is 32.8 Å². The van der Waals surface area contributed by atoms with Crippen LogP contribution in [0.25, 0.3) is 0 Å². The van der Waals surface area contributed by atoms with Gasteiger partial charge in [-0.2, -0.15) is 0 Å². The fourth-order valence-corrected chi connectivity index (χ4v) is 3.05. The molecule has 0 spiro atoms. The van der Waals surface area contributed by atoms with Gasteiger partial charge >= 0.3 is 0 Å². The number of nitrogens with zero attached hydrogens (tertiary/aromatic N) is 1. The van der Waals surface area contributed by atoms with Crippen LogP contribution in [0.15, 0.2) is 18.2 Å². The summed E-state index contributed by atoms with van der Waals surface area (Å²) >= 11 is 6.16. The molecule has 19 heavy (non-hydrogen) atoms. The minimum Gasteiger partial charge on any atom is -0.371 e. The molecule has 1 atom stereocenters. The fourth-order valence-electron chi connectivity index (χ4n) is 2.88. The zero-order valence-corrected chi connectivity index (χ0v) is 13.0. The summed E-state index contributed by atoms with van der Waals surface area (Å²) in [4.78, 5) is 2.48. The monoisotopic (exact) mass is 280 g/mol. The lowest BCUT2D eigenvalue weighted by molar-refractivity contribution is 0.263. The predicted octanol–water partition coefficient (Wildman–Crippen LogP) is 3.71. The van der Waals surface area contributed by atoms with Gasteiger partial charge in [-0.3, -0.25) is 0 Å². The van der Waals surface area contributed by atoms with Gasteiger partial charge in [-0.1, -0.05) is 38.4 Å². The molecule has 0 aromatic heterocycles. The second kappa shape index (κ2) is 5.72. The van der Waals surface area contributed by atoms with Gasteiger partial charge in [0, 0.05) is 23.8 Å². The number of nitrogens with two attached hydrogens (primary N) is 1. The topological polar surface area (TPSA) is 29.3 Å². The molecule has 1 aromatic carbocycles. The minimum absolute atomic E-state index is 0.376. The van der Waals surface area contributed by atoms with Crippen LogP contribution in [-0.2, 0) is 6.42 Å². The Labute approximate surface area is 121 Å². The lowest BCUT2D eigenvalue weighted by Gasteiger charge is -2.28. The summed E-state index contributed by atoms with van der Waals surface area (Å²) in [6, 6.07) is 6.18. The Morgan fingerprint density at radius 3 is 2.68 bits per heavy atom. The first-order valence-corrected chi connectivity index (χ1v) is 7.53. The van der Waals surface area contributed by atoms with E-state index in [1.165, 1.54) is 17.7 Å². The summed E-state index contributed by atoms with van der Waals surface area (Å²) in [5, 5.41) is 0.815. The van der Waals surface area contributed by atoms with Gasteiger partial charge in [0.1, 0.15) is 0 Å². The van der Waals surface area contributed by atoms with Crippen molar-refractivity contribution < 1.29 is 0 Å². The molecule has 1 heterocycles. The maximum Gasteiger partial charge on any atom is 0.0426 e. The van der Waals surface area contributed by atoms with E-state index in [2.05, 4.69) is 37.8 Å². The summed E-state index contributed by atoms with van der Waals surface area (Å²) in [6.45, 7) is 9.94. The molecule has 1 aliphatic rings. The highest BCUT2D eigenvalue weighted by atomic mass is 35.5. The van der Waals surface area contributed by atoms with Gasteiger partial charge in [0.15, 0.2) is 0 Å². The Hall–Kier alpha value is -0.730. The van der Waals surface area contributed by atoms with Crippen molar-refractivity contribution in [2.75, 3.05) is 24.5 Å². The molecule has 2 N–H and O–H groups in total. The van der Waals surface area contributed by atoms with E-state index in [0.29, 0.717) is 12.0 Å². The van der Waals surface area contributed by atoms with Crippen LogP contribution >= 0.6 is 11.6 Å². The van der Waals surface area contributed by atoms with E-state index in [1.54, 1.807) is 0 Å². The second-order valence-corrected chi connectivity index (χ2v) is 7.05. The van der Waals surface area contributed by atoms with Crippen molar-refractivity contribution in [3.05, 3.63) is 28.8 Å². The zero-order valence-electron chi connectivity index (χ0n) is 12.2. The first-order valence-electron chi connectivity index (χ1n) is 7.15. The summed E-state index contributed by atoms with van der Waals surface area (Å²) in [6.07, 6.45) is 2.18. The molecule has 3 heteroatoms. The zero-order chi connectivity index (χ0) is 14.0. The molecule has 1 aromatic rings. The fraction of sp³-hybridized carbons (Fsp3) is 0.625. The van der Waals surface area contributed by atoms with Gasteiger partial charge in [-0.25, -0.2) is 0 Å². The third-order valence-corrected chi connectivity index (χ3v) is 4.45. The lowest BCUT2D eigenvalue weighted by Crippen LogP contribution is -2.26. The molecular formula is C16H25ClN2. The molecule has 0 saturated carbocycles. The van der Waals surface area contributed by atoms with Gasteiger partial charge < -0.3 is 10.6 Å². The molecule has 2 rings (SSSR count). The average Bonchev–Trinajstić information content (AvgIpc) is 2.80. The third-order valence-electron chi connectivity index (χ3n) is 4.21. The van der Waals surface area contributed by atoms with Crippen molar-refractivity contribution in [3.63, 3.8) is 0 Å². The van der Waals surface area contributed by atoms with E-state index in [4.69, 9.17) is 17.3 Å². The van der Waals surface area contributed by atoms with Gasteiger partial charge in [0.25, 0.3) is 0 Å². The summed E-state index contributed by atoms with van der Waals surface area (Å²) in [7, 11) is 0. The molecule has 1 saturated heterocycles. The maximum absolute atomic E-state index is 6.16. The van der Waals surface area contributed by atoms with Crippen LogP contribution in [-0.4, -0.2) is 19.6 Å². The smallest absolute Gasteiger partial charge is 0.0426 e. The van der Waals surface area contributed by atoms with Gasteiger partial charge in [-0.15, -0.1) is 0 Å². The molecular weight excluding hydrogens is 256 g/mol. The quantitative estimate of drug-likeness (QED) is 0.914. The van der Waals surface area contributed by atoms with Gasteiger partial charge in [-0.05, 0) is 48.4 Å². The van der Waals surface area contributed by atoms with Crippen molar-refractivity contribution in [2.24, 2.45) is 17.1 Å². The molecule has 1 aliphatic heterocycles. The highest BCUT2D eigenvalue weighted by Gasteiger charge is 2.32. The Balaban J connectivity index is 2.21. The number of rotatable bonds is 3. The first-order chi connectivity index (χ1) is 8.91. The van der Waals surface area contributed by atoms with Crippen molar-refractivity contribution in [3.8, 4) is 0 Å². The molecule has 1 fully saturated rings. The number of halogens is 1. The van der Waals surface area contributed by atoms with Crippen LogP contribution in [0, 0.1) is 11.3 Å². The Morgan fingerprint density at radius 1 is 1.37 bits per heavy atom. The van der Waals surface area contributed by atoms with Crippen LogP contribution in [0.2, 0.25) is 5.02 Å². The van der Waals surface area contributed by atoms with Crippen molar-refractivity contribution >= 4 is 17.3 Å². The number of benzene rings is 1. The standard InChI is InChI=1S/C16H25ClN2/c1-16(2,3)13-7-9-19(11-13)15-10-14(17)5-4-12(15)6-8-18/h4-5,10,13H,6-9,11,18H2,1-3H3. The lowest BCUT2D eigenvalue weighted by atomic mass is 9.80. The van der Waals surface area contributed by atoms with E-state index >= 15 is 0 Å². The van der Waals surface area contributed by atoms with Crippen molar-refractivity contribution in [2.45, 2.75) is 33.6 Å². The normalized spacial score (nSPS) is 20.1. The average molecular weight is 281 g/mol. The summed E-state index contributed by atoms with van der Waals surface area (Å²) < 4.78 is 0. The third kappa shape index (κ3) is 3.43. The largest absolute Gasteiger partial charge is 0.371 e. The Bertz CT molecular complexity index is 437. The van der Waals surface area contributed by atoms with E-state index in [-0.39, 0.29) is 0 Å². The number of hydrogen-bond donors (Lipinski definition) is 1. The molecule has 0 aliphatic carbocycles. The Morgan fingerprint density at radius 2 is 2.11 bits per heavy atom. The Kier molecular flexibility index (Phi) is 4.42. The predicted molar refractivity (Wildman–Crippen MR) is 84.0 cm³/mol. The molecule has 0 bridgehead atoms. The summed E-state index contributed by atoms with van der Waals surface area (Å²) in [5.41, 5.74) is 8.69. The SMILES string of the molecule is CC(C)(C)C1CCN(c2cc(Cl)ccc2CCN)C1. The van der Waals surface area contributed by atoms with Gasteiger partial charge in [0.2, 0.25) is 0 Å². The first kappa shape index (κ1) is 14.7.